The van der Waals surface area contributed by atoms with Gasteiger partial charge in [0, 0.05) is 25.0 Å². The van der Waals surface area contributed by atoms with Gasteiger partial charge in [-0.25, -0.2) is 4.39 Å². The lowest BCUT2D eigenvalue weighted by Gasteiger charge is -2.34. The number of fused-ring (bicyclic) bond motifs is 1. The van der Waals surface area contributed by atoms with Crippen LogP contribution in [-0.2, 0) is 17.9 Å². The van der Waals surface area contributed by atoms with E-state index in [0.717, 1.165) is 12.2 Å². The van der Waals surface area contributed by atoms with Gasteiger partial charge >= 0.3 is 0 Å². The SMILES string of the molecule is CN(C)[C@@H](C(=O)N1CCn2cccc2C1)c1cccc(F)c1. The van der Waals surface area contributed by atoms with E-state index in [1.807, 2.05) is 42.2 Å². The Balaban J connectivity index is 1.85. The molecule has 0 unspecified atom stereocenters. The van der Waals surface area contributed by atoms with Crippen LogP contribution in [0.3, 0.4) is 0 Å². The Bertz CT molecular complexity index is 680. The van der Waals surface area contributed by atoms with Crippen molar-refractivity contribution in [3.05, 3.63) is 59.7 Å². The van der Waals surface area contributed by atoms with Crippen LogP contribution in [0.4, 0.5) is 4.39 Å². The zero-order chi connectivity index (χ0) is 15.7. The Labute approximate surface area is 129 Å². The number of hydrogen-bond donors (Lipinski definition) is 0. The van der Waals surface area contributed by atoms with Gasteiger partial charge < -0.3 is 9.47 Å². The maximum Gasteiger partial charge on any atom is 0.244 e. The molecule has 1 aromatic carbocycles. The first-order chi connectivity index (χ1) is 10.6. The van der Waals surface area contributed by atoms with Crippen LogP contribution in [0, 0.1) is 5.82 Å². The van der Waals surface area contributed by atoms with E-state index in [1.165, 1.54) is 12.1 Å². The van der Waals surface area contributed by atoms with E-state index in [2.05, 4.69) is 4.57 Å². The van der Waals surface area contributed by atoms with Crippen molar-refractivity contribution in [1.82, 2.24) is 14.4 Å². The molecule has 1 aliphatic rings. The molecule has 1 atom stereocenters. The van der Waals surface area contributed by atoms with Gasteiger partial charge in [0.2, 0.25) is 5.91 Å². The maximum atomic E-state index is 13.5. The number of benzene rings is 1. The molecule has 0 radical (unpaired) electrons. The Morgan fingerprint density at radius 3 is 2.77 bits per heavy atom. The average molecular weight is 301 g/mol. The van der Waals surface area contributed by atoms with Gasteiger partial charge in [0.25, 0.3) is 0 Å². The van der Waals surface area contributed by atoms with Gasteiger partial charge in [-0.15, -0.1) is 0 Å². The number of likely N-dealkylation sites (N-methyl/N-ethyl adjacent to an activating group) is 1. The fourth-order valence-electron chi connectivity index (χ4n) is 3.01. The van der Waals surface area contributed by atoms with E-state index in [-0.39, 0.29) is 11.7 Å². The summed E-state index contributed by atoms with van der Waals surface area (Å²) in [5, 5.41) is 0. The van der Waals surface area contributed by atoms with Crippen LogP contribution < -0.4 is 0 Å². The third-order valence-electron chi connectivity index (χ3n) is 4.11. The molecule has 1 aliphatic heterocycles. The summed E-state index contributed by atoms with van der Waals surface area (Å²) in [5.74, 6) is -0.298. The minimum atomic E-state index is -0.461. The average Bonchev–Trinajstić information content (AvgIpc) is 2.94. The molecule has 0 aliphatic carbocycles. The van der Waals surface area contributed by atoms with Gasteiger partial charge in [-0.2, -0.15) is 0 Å². The van der Waals surface area contributed by atoms with Gasteiger partial charge in [-0.05, 0) is 43.9 Å². The first-order valence-corrected chi connectivity index (χ1v) is 7.41. The van der Waals surface area contributed by atoms with E-state index in [0.29, 0.717) is 18.7 Å². The summed E-state index contributed by atoms with van der Waals surface area (Å²) >= 11 is 0. The number of nitrogens with zero attached hydrogens (tertiary/aromatic N) is 3. The van der Waals surface area contributed by atoms with Crippen LogP contribution in [0.5, 0.6) is 0 Å². The molecule has 116 valence electrons. The number of hydrogen-bond acceptors (Lipinski definition) is 2. The van der Waals surface area contributed by atoms with Crippen molar-refractivity contribution in [1.29, 1.82) is 0 Å². The molecule has 0 saturated carbocycles. The van der Waals surface area contributed by atoms with Crippen molar-refractivity contribution in [2.45, 2.75) is 19.1 Å². The van der Waals surface area contributed by atoms with Gasteiger partial charge in [-0.3, -0.25) is 9.69 Å². The maximum absolute atomic E-state index is 13.5. The molecule has 0 saturated heterocycles. The summed E-state index contributed by atoms with van der Waals surface area (Å²) < 4.78 is 15.7. The second-order valence-electron chi connectivity index (χ2n) is 5.87. The quantitative estimate of drug-likeness (QED) is 0.870. The van der Waals surface area contributed by atoms with E-state index in [9.17, 15) is 9.18 Å². The minimum absolute atomic E-state index is 0.0167. The standard InChI is InChI=1S/C17H20FN3O/c1-19(2)16(13-5-3-6-14(18)11-13)17(22)21-10-9-20-8-4-7-15(20)12-21/h3-8,11,16H,9-10,12H2,1-2H3/t16-/m1/s1. The molecule has 1 aromatic heterocycles. The second kappa shape index (κ2) is 5.93. The largest absolute Gasteiger partial charge is 0.348 e. The molecule has 0 fully saturated rings. The molecule has 3 rings (SSSR count). The van der Waals surface area contributed by atoms with Crippen molar-refractivity contribution in [3.63, 3.8) is 0 Å². The Hall–Kier alpha value is -2.14. The first-order valence-electron chi connectivity index (χ1n) is 7.41. The lowest BCUT2D eigenvalue weighted by Crippen LogP contribution is -2.44. The Morgan fingerprint density at radius 2 is 2.05 bits per heavy atom. The van der Waals surface area contributed by atoms with Crippen molar-refractivity contribution in [2.75, 3.05) is 20.6 Å². The topological polar surface area (TPSA) is 28.5 Å². The second-order valence-corrected chi connectivity index (χ2v) is 5.87. The smallest absolute Gasteiger partial charge is 0.244 e. The van der Waals surface area contributed by atoms with E-state index < -0.39 is 6.04 Å². The number of amides is 1. The fourth-order valence-corrected chi connectivity index (χ4v) is 3.01. The molecule has 2 aromatic rings. The molecule has 1 amide bonds. The lowest BCUT2D eigenvalue weighted by atomic mass is 10.0. The van der Waals surface area contributed by atoms with Gasteiger partial charge in [0.1, 0.15) is 11.9 Å². The highest BCUT2D eigenvalue weighted by atomic mass is 19.1. The number of rotatable bonds is 3. The molecular weight excluding hydrogens is 281 g/mol. The summed E-state index contributed by atoms with van der Waals surface area (Å²) in [5.41, 5.74) is 1.83. The monoisotopic (exact) mass is 301 g/mol. The van der Waals surface area contributed by atoms with Crippen LogP contribution in [0.1, 0.15) is 17.3 Å². The Morgan fingerprint density at radius 1 is 1.23 bits per heavy atom. The van der Waals surface area contributed by atoms with Crippen molar-refractivity contribution < 1.29 is 9.18 Å². The van der Waals surface area contributed by atoms with Crippen LogP contribution in [0.25, 0.3) is 0 Å². The van der Waals surface area contributed by atoms with Crippen LogP contribution in [-0.4, -0.2) is 40.9 Å². The summed E-state index contributed by atoms with van der Waals surface area (Å²) in [6.45, 7) is 2.09. The fraction of sp³-hybridized carbons (Fsp3) is 0.353. The third kappa shape index (κ3) is 2.76. The van der Waals surface area contributed by atoms with E-state index in [4.69, 9.17) is 0 Å². The van der Waals surface area contributed by atoms with Crippen LogP contribution in [0.15, 0.2) is 42.6 Å². The van der Waals surface area contributed by atoms with Gasteiger partial charge in [-0.1, -0.05) is 12.1 Å². The molecule has 0 bridgehead atoms. The zero-order valence-electron chi connectivity index (χ0n) is 12.9. The van der Waals surface area contributed by atoms with E-state index in [1.54, 1.807) is 12.1 Å². The molecule has 2 heterocycles. The third-order valence-corrected chi connectivity index (χ3v) is 4.11. The molecule has 0 spiro atoms. The van der Waals surface area contributed by atoms with Crippen molar-refractivity contribution in [3.8, 4) is 0 Å². The predicted octanol–water partition coefficient (Wildman–Crippen LogP) is 2.27. The molecule has 5 heteroatoms. The highest BCUT2D eigenvalue weighted by Crippen LogP contribution is 2.24. The van der Waals surface area contributed by atoms with Crippen LogP contribution >= 0.6 is 0 Å². The number of aromatic nitrogens is 1. The summed E-state index contributed by atoms with van der Waals surface area (Å²) in [6, 6.07) is 9.86. The molecule has 4 nitrogen and oxygen atoms in total. The van der Waals surface area contributed by atoms with E-state index >= 15 is 0 Å². The summed E-state index contributed by atoms with van der Waals surface area (Å²) in [7, 11) is 3.69. The van der Waals surface area contributed by atoms with Gasteiger partial charge in [0.15, 0.2) is 0 Å². The minimum Gasteiger partial charge on any atom is -0.348 e. The number of halogens is 1. The van der Waals surface area contributed by atoms with Crippen LogP contribution in [0.2, 0.25) is 0 Å². The predicted molar refractivity (Wildman–Crippen MR) is 82.7 cm³/mol. The first kappa shape index (κ1) is 14.8. The van der Waals surface area contributed by atoms with Crippen molar-refractivity contribution >= 4 is 5.91 Å². The molecular formula is C17H20FN3O. The summed E-state index contributed by atoms with van der Waals surface area (Å²) in [4.78, 5) is 16.6. The Kier molecular flexibility index (Phi) is 3.98. The highest BCUT2D eigenvalue weighted by molar-refractivity contribution is 5.83. The normalized spacial score (nSPS) is 15.7. The lowest BCUT2D eigenvalue weighted by molar-refractivity contribution is -0.137. The highest BCUT2D eigenvalue weighted by Gasteiger charge is 2.30. The number of carbonyl (C=O) groups is 1. The molecule has 0 N–H and O–H groups in total. The van der Waals surface area contributed by atoms with Crippen molar-refractivity contribution in [2.24, 2.45) is 0 Å². The zero-order valence-corrected chi connectivity index (χ0v) is 12.9. The number of carbonyl (C=O) groups excluding carboxylic acids is 1. The van der Waals surface area contributed by atoms with Gasteiger partial charge in [0.05, 0.1) is 6.54 Å². The molecule has 22 heavy (non-hydrogen) atoms. The summed E-state index contributed by atoms with van der Waals surface area (Å²) in [6.07, 6.45) is 2.03.